The fraction of sp³-hybridized carbons (Fsp3) is 0.235. The van der Waals surface area contributed by atoms with Crippen LogP contribution in [-0.4, -0.2) is 23.1 Å². The van der Waals surface area contributed by atoms with E-state index in [0.717, 1.165) is 80.9 Å². The van der Waals surface area contributed by atoms with Crippen LogP contribution in [0.1, 0.15) is 38.5 Å². The third-order valence-electron chi connectivity index (χ3n) is 7.49. The first-order chi connectivity index (χ1) is 19.7. The molecule has 40 heavy (non-hydrogen) atoms. The van der Waals surface area contributed by atoms with E-state index >= 15 is 0 Å². The van der Waals surface area contributed by atoms with Crippen molar-refractivity contribution in [1.82, 2.24) is 9.97 Å². The Labute approximate surface area is 244 Å². The summed E-state index contributed by atoms with van der Waals surface area (Å²) in [6, 6.07) is 28.5. The van der Waals surface area contributed by atoms with Gasteiger partial charge in [-0.1, -0.05) is 85.3 Å². The molecule has 6 rings (SSSR count). The van der Waals surface area contributed by atoms with Crippen molar-refractivity contribution < 1.29 is 0 Å². The van der Waals surface area contributed by atoms with Crippen LogP contribution in [0.15, 0.2) is 84.9 Å². The normalized spacial score (nSPS) is 11.6. The number of para-hydroxylation sites is 2. The highest BCUT2D eigenvalue weighted by molar-refractivity contribution is 6.32. The van der Waals surface area contributed by atoms with Gasteiger partial charge in [0.1, 0.15) is 0 Å². The van der Waals surface area contributed by atoms with Gasteiger partial charge in [0.2, 0.25) is 0 Å². The Morgan fingerprint density at radius 2 is 0.850 bits per heavy atom. The molecule has 6 aromatic rings. The zero-order valence-corrected chi connectivity index (χ0v) is 23.9. The Bertz CT molecular complexity index is 1670. The van der Waals surface area contributed by atoms with Crippen molar-refractivity contribution in [3.8, 4) is 0 Å². The standard InChI is InChI=1S/C34H32Cl2N4/c35-23-15-17-27-31(21-23)39-29-13-7-5-11-25(29)33(27)37-19-9-3-1-2-4-10-20-38-34-26-12-6-8-14-30(26)40-32-22-24(36)16-18-28(32)34/h5-8,11-18,21-22H,1-4,9-10,19-20H2,(H,37,39)(H,38,40). The lowest BCUT2D eigenvalue weighted by atomic mass is 10.1. The monoisotopic (exact) mass is 566 g/mol. The number of unbranched alkanes of at least 4 members (excludes halogenated alkanes) is 5. The summed E-state index contributed by atoms with van der Waals surface area (Å²) in [6.07, 6.45) is 7.20. The number of hydrogen-bond donors (Lipinski definition) is 2. The van der Waals surface area contributed by atoms with Crippen molar-refractivity contribution in [2.75, 3.05) is 23.7 Å². The highest BCUT2D eigenvalue weighted by Crippen LogP contribution is 2.33. The minimum atomic E-state index is 0.712. The van der Waals surface area contributed by atoms with E-state index in [0.29, 0.717) is 10.0 Å². The van der Waals surface area contributed by atoms with Crippen LogP contribution in [0.3, 0.4) is 0 Å². The summed E-state index contributed by atoms with van der Waals surface area (Å²) >= 11 is 12.5. The van der Waals surface area contributed by atoms with E-state index in [2.05, 4.69) is 59.2 Å². The van der Waals surface area contributed by atoms with Crippen molar-refractivity contribution in [1.29, 1.82) is 0 Å². The highest BCUT2D eigenvalue weighted by Gasteiger charge is 2.10. The van der Waals surface area contributed by atoms with Crippen LogP contribution < -0.4 is 10.6 Å². The minimum absolute atomic E-state index is 0.712. The first-order valence-corrected chi connectivity index (χ1v) is 14.9. The Balaban J connectivity index is 0.978. The number of rotatable bonds is 11. The number of nitrogens with zero attached hydrogens (tertiary/aromatic N) is 2. The summed E-state index contributed by atoms with van der Waals surface area (Å²) in [7, 11) is 0. The second kappa shape index (κ2) is 12.3. The molecule has 202 valence electrons. The van der Waals surface area contributed by atoms with Gasteiger partial charge in [0.15, 0.2) is 0 Å². The van der Waals surface area contributed by atoms with Gasteiger partial charge in [-0.25, -0.2) is 9.97 Å². The molecule has 0 amide bonds. The van der Waals surface area contributed by atoms with E-state index in [1.807, 2.05) is 36.4 Å². The maximum atomic E-state index is 6.24. The Hall–Kier alpha value is -3.60. The average molecular weight is 568 g/mol. The molecule has 0 aliphatic heterocycles. The largest absolute Gasteiger partial charge is 0.384 e. The fourth-order valence-corrected chi connectivity index (χ4v) is 5.83. The molecule has 0 unspecified atom stereocenters. The Morgan fingerprint density at radius 3 is 1.32 bits per heavy atom. The quantitative estimate of drug-likeness (QED) is 0.121. The summed E-state index contributed by atoms with van der Waals surface area (Å²) in [5, 5.41) is 13.4. The summed E-state index contributed by atoms with van der Waals surface area (Å²) in [5.74, 6) is 0. The number of anilines is 2. The van der Waals surface area contributed by atoms with Gasteiger partial charge < -0.3 is 10.6 Å². The lowest BCUT2D eigenvalue weighted by Gasteiger charge is -2.14. The van der Waals surface area contributed by atoms with Crippen LogP contribution in [-0.2, 0) is 0 Å². The summed E-state index contributed by atoms with van der Waals surface area (Å²) in [4.78, 5) is 9.61. The second-order valence-electron chi connectivity index (χ2n) is 10.3. The predicted molar refractivity (Wildman–Crippen MR) is 173 cm³/mol. The molecule has 0 aliphatic carbocycles. The van der Waals surface area contributed by atoms with Crippen molar-refractivity contribution in [3.63, 3.8) is 0 Å². The van der Waals surface area contributed by atoms with Gasteiger partial charge in [0.25, 0.3) is 0 Å². The fourth-order valence-electron chi connectivity index (χ4n) is 5.50. The van der Waals surface area contributed by atoms with Gasteiger partial charge in [-0.3, -0.25) is 0 Å². The highest BCUT2D eigenvalue weighted by atomic mass is 35.5. The van der Waals surface area contributed by atoms with Crippen molar-refractivity contribution in [2.45, 2.75) is 38.5 Å². The molecule has 0 bridgehead atoms. The molecule has 0 radical (unpaired) electrons. The minimum Gasteiger partial charge on any atom is -0.384 e. The van der Waals surface area contributed by atoms with Crippen molar-refractivity contribution in [3.05, 3.63) is 95.0 Å². The average Bonchev–Trinajstić information content (AvgIpc) is 2.96. The zero-order chi connectivity index (χ0) is 27.3. The SMILES string of the molecule is Clc1ccc2c(NCCCCCCCCNc3c4ccccc4nc4cc(Cl)ccc34)c3ccccc3nc2c1. The topological polar surface area (TPSA) is 49.8 Å². The summed E-state index contributed by atoms with van der Waals surface area (Å²) < 4.78 is 0. The van der Waals surface area contributed by atoms with E-state index in [4.69, 9.17) is 33.2 Å². The molecule has 0 saturated carbocycles. The van der Waals surface area contributed by atoms with E-state index in [1.165, 1.54) is 25.7 Å². The van der Waals surface area contributed by atoms with Crippen LogP contribution in [0.2, 0.25) is 10.0 Å². The number of fused-ring (bicyclic) bond motifs is 4. The molecule has 2 heterocycles. The van der Waals surface area contributed by atoms with E-state index in [-0.39, 0.29) is 0 Å². The van der Waals surface area contributed by atoms with E-state index in [9.17, 15) is 0 Å². The van der Waals surface area contributed by atoms with Gasteiger partial charge in [-0.2, -0.15) is 0 Å². The molecule has 0 saturated heterocycles. The van der Waals surface area contributed by atoms with Crippen LogP contribution in [0, 0.1) is 0 Å². The third kappa shape index (κ3) is 5.79. The first-order valence-electron chi connectivity index (χ1n) is 14.1. The van der Waals surface area contributed by atoms with Gasteiger partial charge in [0.05, 0.1) is 33.4 Å². The maximum Gasteiger partial charge on any atom is 0.0745 e. The second-order valence-corrected chi connectivity index (χ2v) is 11.2. The lowest BCUT2D eigenvalue weighted by Crippen LogP contribution is -2.04. The molecular formula is C34H32Cl2N4. The van der Waals surface area contributed by atoms with E-state index < -0.39 is 0 Å². The summed E-state index contributed by atoms with van der Waals surface area (Å²) in [5.41, 5.74) is 6.15. The van der Waals surface area contributed by atoms with Crippen molar-refractivity contribution in [2.24, 2.45) is 0 Å². The van der Waals surface area contributed by atoms with Gasteiger partial charge >= 0.3 is 0 Å². The number of pyridine rings is 2. The first kappa shape index (κ1) is 26.6. The van der Waals surface area contributed by atoms with Gasteiger partial charge in [-0.05, 0) is 61.4 Å². The molecule has 4 nitrogen and oxygen atoms in total. The van der Waals surface area contributed by atoms with E-state index in [1.54, 1.807) is 0 Å². The molecule has 4 aromatic carbocycles. The number of aromatic nitrogens is 2. The number of nitrogens with one attached hydrogen (secondary N) is 2. The number of halogens is 2. The summed E-state index contributed by atoms with van der Waals surface area (Å²) in [6.45, 7) is 1.89. The van der Waals surface area contributed by atoms with Crippen LogP contribution in [0.25, 0.3) is 43.6 Å². The Morgan fingerprint density at radius 1 is 0.450 bits per heavy atom. The van der Waals surface area contributed by atoms with Crippen molar-refractivity contribution >= 4 is 78.2 Å². The number of benzene rings is 4. The molecule has 0 fully saturated rings. The molecule has 0 aliphatic rings. The van der Waals surface area contributed by atoms with Gasteiger partial charge in [0, 0.05) is 44.7 Å². The molecule has 6 heteroatoms. The van der Waals surface area contributed by atoms with Gasteiger partial charge in [-0.15, -0.1) is 0 Å². The van der Waals surface area contributed by atoms with Crippen LogP contribution in [0.5, 0.6) is 0 Å². The lowest BCUT2D eigenvalue weighted by molar-refractivity contribution is 0.610. The smallest absolute Gasteiger partial charge is 0.0745 e. The Kier molecular flexibility index (Phi) is 8.17. The predicted octanol–water partition coefficient (Wildman–Crippen LogP) is 10.3. The third-order valence-corrected chi connectivity index (χ3v) is 7.96. The van der Waals surface area contributed by atoms with Crippen LogP contribution >= 0.6 is 23.2 Å². The number of hydrogen-bond acceptors (Lipinski definition) is 4. The maximum absolute atomic E-state index is 6.24. The zero-order valence-electron chi connectivity index (χ0n) is 22.4. The molecule has 2 aromatic heterocycles. The van der Waals surface area contributed by atoms with Crippen LogP contribution in [0.4, 0.5) is 11.4 Å². The molecule has 0 spiro atoms. The molecular weight excluding hydrogens is 535 g/mol. The molecule has 0 atom stereocenters. The molecule has 2 N–H and O–H groups in total.